The minimum Gasteiger partial charge on any atom is -0.496 e. The van der Waals surface area contributed by atoms with Gasteiger partial charge in [0.2, 0.25) is 11.7 Å². The number of amides is 1. The maximum absolute atomic E-state index is 12.7. The molecule has 1 N–H and O–H groups in total. The number of anilines is 1. The van der Waals surface area contributed by atoms with Crippen molar-refractivity contribution in [3.63, 3.8) is 0 Å². The maximum atomic E-state index is 12.7. The van der Waals surface area contributed by atoms with E-state index in [-0.39, 0.29) is 11.7 Å². The SMILES string of the molecule is COc1cc(C)c(NC(=O)CSc2nnc(-c3ccco3)n2C2CCCCC2)cc1C. The van der Waals surface area contributed by atoms with Crippen molar-refractivity contribution in [2.24, 2.45) is 0 Å². The lowest BCUT2D eigenvalue weighted by atomic mass is 9.95. The van der Waals surface area contributed by atoms with E-state index in [1.807, 2.05) is 38.1 Å². The van der Waals surface area contributed by atoms with E-state index in [9.17, 15) is 4.79 Å². The Balaban J connectivity index is 1.49. The molecule has 164 valence electrons. The highest BCUT2D eigenvalue weighted by Gasteiger charge is 2.25. The van der Waals surface area contributed by atoms with Gasteiger partial charge in [-0.1, -0.05) is 31.0 Å². The summed E-state index contributed by atoms with van der Waals surface area (Å²) >= 11 is 1.41. The summed E-state index contributed by atoms with van der Waals surface area (Å²) in [5.74, 6) is 2.44. The van der Waals surface area contributed by atoms with Crippen LogP contribution in [0.15, 0.2) is 40.1 Å². The van der Waals surface area contributed by atoms with Gasteiger partial charge in [-0.3, -0.25) is 9.36 Å². The van der Waals surface area contributed by atoms with Crippen LogP contribution in [0.2, 0.25) is 0 Å². The quantitative estimate of drug-likeness (QED) is 0.495. The van der Waals surface area contributed by atoms with Crippen molar-refractivity contribution < 1.29 is 13.9 Å². The summed E-state index contributed by atoms with van der Waals surface area (Å²) in [7, 11) is 1.65. The van der Waals surface area contributed by atoms with Crippen molar-refractivity contribution in [2.75, 3.05) is 18.2 Å². The van der Waals surface area contributed by atoms with Gasteiger partial charge >= 0.3 is 0 Å². The van der Waals surface area contributed by atoms with Gasteiger partial charge in [-0.25, -0.2) is 0 Å². The summed E-state index contributed by atoms with van der Waals surface area (Å²) in [4.78, 5) is 12.7. The first-order chi connectivity index (χ1) is 15.1. The van der Waals surface area contributed by atoms with E-state index in [0.717, 1.165) is 46.4 Å². The minimum atomic E-state index is -0.0737. The Morgan fingerprint density at radius 3 is 2.74 bits per heavy atom. The van der Waals surface area contributed by atoms with Crippen LogP contribution in [0.1, 0.15) is 49.3 Å². The number of hydrogen-bond donors (Lipinski definition) is 1. The number of carbonyl (C=O) groups is 1. The van der Waals surface area contributed by atoms with Crippen LogP contribution < -0.4 is 10.1 Å². The second kappa shape index (κ2) is 9.60. The van der Waals surface area contributed by atoms with Gasteiger partial charge in [0.25, 0.3) is 0 Å². The van der Waals surface area contributed by atoms with Crippen LogP contribution >= 0.6 is 11.8 Å². The molecule has 0 spiro atoms. The number of rotatable bonds is 7. The summed E-state index contributed by atoms with van der Waals surface area (Å²) < 4.78 is 13.1. The molecule has 0 saturated heterocycles. The number of aromatic nitrogens is 3. The van der Waals surface area contributed by atoms with Crippen LogP contribution in [-0.4, -0.2) is 33.5 Å². The predicted octanol–water partition coefficient (Wildman–Crippen LogP) is 5.40. The summed E-state index contributed by atoms with van der Waals surface area (Å²) in [5, 5.41) is 12.6. The molecule has 3 aromatic rings. The number of aryl methyl sites for hydroxylation is 2. The van der Waals surface area contributed by atoms with E-state index in [4.69, 9.17) is 9.15 Å². The van der Waals surface area contributed by atoms with Crippen LogP contribution in [0, 0.1) is 13.8 Å². The van der Waals surface area contributed by atoms with Gasteiger partial charge in [-0.2, -0.15) is 0 Å². The number of furan rings is 1. The lowest BCUT2D eigenvalue weighted by molar-refractivity contribution is -0.113. The first-order valence-electron chi connectivity index (χ1n) is 10.6. The third-order valence-electron chi connectivity index (χ3n) is 5.69. The Kier molecular flexibility index (Phi) is 6.65. The number of nitrogens with zero attached hydrogens (tertiary/aromatic N) is 3. The van der Waals surface area contributed by atoms with Gasteiger partial charge in [0.1, 0.15) is 5.75 Å². The van der Waals surface area contributed by atoms with Gasteiger partial charge in [-0.05, 0) is 62.1 Å². The van der Waals surface area contributed by atoms with Crippen LogP contribution in [0.3, 0.4) is 0 Å². The molecule has 1 fully saturated rings. The fourth-order valence-corrected chi connectivity index (χ4v) is 4.88. The molecule has 4 rings (SSSR count). The van der Waals surface area contributed by atoms with E-state index in [0.29, 0.717) is 11.8 Å². The number of thioether (sulfide) groups is 1. The highest BCUT2D eigenvalue weighted by Crippen LogP contribution is 2.35. The lowest BCUT2D eigenvalue weighted by Crippen LogP contribution is -2.17. The van der Waals surface area contributed by atoms with Crippen molar-refractivity contribution in [1.82, 2.24) is 14.8 Å². The number of hydrogen-bond acceptors (Lipinski definition) is 6. The highest BCUT2D eigenvalue weighted by atomic mass is 32.2. The van der Waals surface area contributed by atoms with Gasteiger partial charge in [0.15, 0.2) is 10.9 Å². The molecule has 31 heavy (non-hydrogen) atoms. The van der Waals surface area contributed by atoms with E-state index in [1.54, 1.807) is 13.4 Å². The molecule has 0 aliphatic heterocycles. The van der Waals surface area contributed by atoms with Gasteiger partial charge in [0.05, 0.1) is 19.1 Å². The summed E-state index contributed by atoms with van der Waals surface area (Å²) in [5.41, 5.74) is 2.75. The van der Waals surface area contributed by atoms with Crippen molar-refractivity contribution in [3.05, 3.63) is 41.7 Å². The Morgan fingerprint density at radius 1 is 1.23 bits per heavy atom. The number of carbonyl (C=O) groups excluding carboxylic acids is 1. The summed E-state index contributed by atoms with van der Waals surface area (Å²) in [6.07, 6.45) is 7.49. The topological polar surface area (TPSA) is 82.2 Å². The normalized spacial score (nSPS) is 14.5. The zero-order chi connectivity index (χ0) is 21.8. The number of ether oxygens (including phenoxy) is 1. The lowest BCUT2D eigenvalue weighted by Gasteiger charge is -2.25. The van der Waals surface area contributed by atoms with E-state index < -0.39 is 0 Å². The van der Waals surface area contributed by atoms with Crippen molar-refractivity contribution in [3.8, 4) is 17.3 Å². The Bertz CT molecular complexity index is 1040. The second-order valence-electron chi connectivity index (χ2n) is 7.92. The fraction of sp³-hybridized carbons (Fsp3) is 0.435. The van der Waals surface area contributed by atoms with Crippen molar-refractivity contribution in [2.45, 2.75) is 57.1 Å². The van der Waals surface area contributed by atoms with E-state index in [1.165, 1.54) is 31.0 Å². The molecule has 0 atom stereocenters. The molecule has 1 amide bonds. The molecule has 1 aliphatic rings. The zero-order valence-electron chi connectivity index (χ0n) is 18.2. The molecular formula is C23H28N4O3S. The average Bonchev–Trinajstić information content (AvgIpc) is 3.45. The molecule has 0 radical (unpaired) electrons. The molecule has 2 aromatic heterocycles. The molecule has 1 aliphatic carbocycles. The van der Waals surface area contributed by atoms with Crippen molar-refractivity contribution >= 4 is 23.4 Å². The first kappa shape index (κ1) is 21.5. The van der Waals surface area contributed by atoms with Crippen LogP contribution in [0.5, 0.6) is 5.75 Å². The van der Waals surface area contributed by atoms with Crippen molar-refractivity contribution in [1.29, 1.82) is 0 Å². The van der Waals surface area contributed by atoms with Crippen LogP contribution in [0.4, 0.5) is 5.69 Å². The summed E-state index contributed by atoms with van der Waals surface area (Å²) in [6.45, 7) is 3.92. The monoisotopic (exact) mass is 440 g/mol. The average molecular weight is 441 g/mol. The smallest absolute Gasteiger partial charge is 0.234 e. The van der Waals surface area contributed by atoms with E-state index in [2.05, 4.69) is 20.1 Å². The predicted molar refractivity (Wildman–Crippen MR) is 122 cm³/mol. The highest BCUT2D eigenvalue weighted by molar-refractivity contribution is 7.99. The van der Waals surface area contributed by atoms with E-state index >= 15 is 0 Å². The standard InChI is InChI=1S/C23H28N4O3S/c1-15-13-20(29-3)16(2)12-18(15)24-21(28)14-31-23-26-25-22(19-10-7-11-30-19)27(23)17-8-5-4-6-9-17/h7,10-13,17H,4-6,8-9,14H2,1-3H3,(H,24,28). The Hall–Kier alpha value is -2.74. The molecule has 0 unspecified atom stereocenters. The van der Waals surface area contributed by atoms with Gasteiger partial charge in [-0.15, -0.1) is 10.2 Å². The van der Waals surface area contributed by atoms with Gasteiger partial charge in [0, 0.05) is 11.7 Å². The molecule has 8 heteroatoms. The van der Waals surface area contributed by atoms with Crippen LogP contribution in [-0.2, 0) is 4.79 Å². The Labute approximate surface area is 186 Å². The zero-order valence-corrected chi connectivity index (χ0v) is 19.0. The number of benzene rings is 1. The first-order valence-corrected chi connectivity index (χ1v) is 11.6. The molecular weight excluding hydrogens is 412 g/mol. The molecule has 0 bridgehead atoms. The van der Waals surface area contributed by atoms with Crippen LogP contribution in [0.25, 0.3) is 11.6 Å². The molecule has 7 nitrogen and oxygen atoms in total. The largest absolute Gasteiger partial charge is 0.496 e. The minimum absolute atomic E-state index is 0.0737. The third-order valence-corrected chi connectivity index (χ3v) is 6.64. The number of methoxy groups -OCH3 is 1. The van der Waals surface area contributed by atoms with Gasteiger partial charge < -0.3 is 14.5 Å². The molecule has 1 aromatic carbocycles. The summed E-state index contributed by atoms with van der Waals surface area (Å²) in [6, 6.07) is 7.97. The molecule has 2 heterocycles. The molecule has 1 saturated carbocycles. The third kappa shape index (κ3) is 4.79. The Morgan fingerprint density at radius 2 is 2.03 bits per heavy atom. The second-order valence-corrected chi connectivity index (χ2v) is 8.86. The fourth-order valence-electron chi connectivity index (χ4n) is 4.08. The maximum Gasteiger partial charge on any atom is 0.234 e. The number of nitrogens with one attached hydrogen (secondary N) is 1.